The summed E-state index contributed by atoms with van der Waals surface area (Å²) in [6, 6.07) is 21.2. The minimum Gasteiger partial charge on any atom is -0.353 e. The van der Waals surface area contributed by atoms with Gasteiger partial charge in [-0.05, 0) is 67.0 Å². The summed E-state index contributed by atoms with van der Waals surface area (Å²) in [5.41, 5.74) is 6.42. The maximum Gasteiger partial charge on any atom is 0.134 e. The van der Waals surface area contributed by atoms with Gasteiger partial charge in [0, 0.05) is 37.1 Å². The number of nitrogens with one attached hydrogen (secondary N) is 2. The molecule has 1 aromatic heterocycles. The SMILES string of the molecule is CCC(C)c1c(CNCc2ccccc2)ccn1C1CCC(CNCC#Cc2cccc(C)c2)O1. The molecule has 1 fully saturated rings. The Bertz CT molecular complexity index is 1120. The monoisotopic (exact) mass is 469 g/mol. The van der Waals surface area contributed by atoms with Crippen molar-refractivity contribution in [2.45, 2.75) is 71.4 Å². The Hall–Kier alpha value is -2.84. The van der Waals surface area contributed by atoms with Crippen LogP contribution in [0.25, 0.3) is 0 Å². The van der Waals surface area contributed by atoms with E-state index in [9.17, 15) is 0 Å². The van der Waals surface area contributed by atoms with Crippen molar-refractivity contribution in [3.63, 3.8) is 0 Å². The average molecular weight is 470 g/mol. The summed E-state index contributed by atoms with van der Waals surface area (Å²) in [6.07, 6.45) is 5.82. The van der Waals surface area contributed by atoms with Gasteiger partial charge in [-0.1, -0.05) is 68.2 Å². The van der Waals surface area contributed by atoms with Gasteiger partial charge < -0.3 is 19.9 Å². The van der Waals surface area contributed by atoms with E-state index in [-0.39, 0.29) is 12.3 Å². The molecule has 0 saturated carbocycles. The Morgan fingerprint density at radius 3 is 2.69 bits per heavy atom. The number of hydrogen-bond acceptors (Lipinski definition) is 3. The standard InChI is InChI=1S/C31H39N3O/c1-4-25(3)31-28(22-33-21-27-11-6-5-7-12-27)17-19-34(31)30-16-15-29(35-30)23-32-18-9-14-26-13-8-10-24(2)20-26/h5-8,10-13,17,19-20,25,29-30,32-33H,4,15-16,18,21-23H2,1-3H3. The molecule has 3 atom stereocenters. The molecule has 1 saturated heterocycles. The summed E-state index contributed by atoms with van der Waals surface area (Å²) < 4.78 is 8.88. The summed E-state index contributed by atoms with van der Waals surface area (Å²) in [7, 11) is 0. The van der Waals surface area contributed by atoms with Crippen LogP contribution in [0.4, 0.5) is 0 Å². The minimum absolute atomic E-state index is 0.118. The quantitative estimate of drug-likeness (QED) is 0.286. The van der Waals surface area contributed by atoms with Crippen molar-refractivity contribution in [1.82, 2.24) is 15.2 Å². The molecular weight excluding hydrogens is 430 g/mol. The third-order valence-electron chi connectivity index (χ3n) is 6.84. The molecule has 35 heavy (non-hydrogen) atoms. The van der Waals surface area contributed by atoms with Gasteiger partial charge >= 0.3 is 0 Å². The molecule has 0 spiro atoms. The molecule has 2 heterocycles. The second-order valence-electron chi connectivity index (χ2n) is 9.62. The summed E-state index contributed by atoms with van der Waals surface area (Å²) in [4.78, 5) is 0. The van der Waals surface area contributed by atoms with Crippen molar-refractivity contribution >= 4 is 0 Å². The van der Waals surface area contributed by atoms with Crippen LogP contribution >= 0.6 is 0 Å². The highest BCUT2D eigenvalue weighted by Crippen LogP contribution is 2.34. The van der Waals surface area contributed by atoms with E-state index in [4.69, 9.17) is 4.74 Å². The van der Waals surface area contributed by atoms with E-state index < -0.39 is 0 Å². The molecule has 1 aliphatic heterocycles. The first-order valence-electron chi connectivity index (χ1n) is 13.0. The topological polar surface area (TPSA) is 38.2 Å². The van der Waals surface area contributed by atoms with Crippen LogP contribution in [0.1, 0.15) is 73.2 Å². The molecule has 1 aliphatic rings. The van der Waals surface area contributed by atoms with Gasteiger partial charge in [-0.3, -0.25) is 0 Å². The van der Waals surface area contributed by atoms with Gasteiger partial charge in [-0.2, -0.15) is 0 Å². The predicted octanol–water partition coefficient (Wildman–Crippen LogP) is 5.92. The van der Waals surface area contributed by atoms with E-state index in [2.05, 4.69) is 115 Å². The molecule has 3 unspecified atom stereocenters. The second kappa shape index (κ2) is 12.7. The van der Waals surface area contributed by atoms with E-state index >= 15 is 0 Å². The Balaban J connectivity index is 1.30. The van der Waals surface area contributed by atoms with Crippen LogP contribution in [0.5, 0.6) is 0 Å². The molecule has 4 nitrogen and oxygen atoms in total. The summed E-state index contributed by atoms with van der Waals surface area (Å²) in [5, 5.41) is 7.09. The normalized spacial score (nSPS) is 18.3. The van der Waals surface area contributed by atoms with Crippen LogP contribution in [0, 0.1) is 18.8 Å². The predicted molar refractivity (Wildman–Crippen MR) is 144 cm³/mol. The van der Waals surface area contributed by atoms with Gasteiger partial charge in [0.05, 0.1) is 12.6 Å². The van der Waals surface area contributed by atoms with Gasteiger partial charge in [0.1, 0.15) is 6.23 Å². The first kappa shape index (κ1) is 25.3. The molecule has 0 radical (unpaired) electrons. The first-order valence-corrected chi connectivity index (χ1v) is 13.0. The van der Waals surface area contributed by atoms with E-state index in [0.29, 0.717) is 12.5 Å². The zero-order chi connectivity index (χ0) is 24.5. The highest BCUT2D eigenvalue weighted by Gasteiger charge is 2.29. The number of hydrogen-bond donors (Lipinski definition) is 2. The highest BCUT2D eigenvalue weighted by atomic mass is 16.5. The van der Waals surface area contributed by atoms with Crippen molar-refractivity contribution in [2.75, 3.05) is 13.1 Å². The van der Waals surface area contributed by atoms with Crippen molar-refractivity contribution < 1.29 is 4.74 Å². The number of benzene rings is 2. The van der Waals surface area contributed by atoms with Gasteiger partial charge in [0.25, 0.3) is 0 Å². The van der Waals surface area contributed by atoms with Gasteiger partial charge in [-0.15, -0.1) is 0 Å². The van der Waals surface area contributed by atoms with Gasteiger partial charge in [0.15, 0.2) is 0 Å². The number of aromatic nitrogens is 1. The van der Waals surface area contributed by atoms with E-state index in [1.54, 1.807) is 0 Å². The van der Waals surface area contributed by atoms with Crippen LogP contribution in [0.3, 0.4) is 0 Å². The van der Waals surface area contributed by atoms with Crippen LogP contribution in [-0.4, -0.2) is 23.8 Å². The molecule has 0 amide bonds. The lowest BCUT2D eigenvalue weighted by atomic mass is 10.0. The highest BCUT2D eigenvalue weighted by molar-refractivity contribution is 5.36. The van der Waals surface area contributed by atoms with Crippen molar-refractivity contribution in [2.24, 2.45) is 0 Å². The largest absolute Gasteiger partial charge is 0.353 e. The molecule has 0 bridgehead atoms. The Morgan fingerprint density at radius 2 is 1.89 bits per heavy atom. The summed E-state index contributed by atoms with van der Waals surface area (Å²) >= 11 is 0. The number of nitrogens with zero attached hydrogens (tertiary/aromatic N) is 1. The number of aryl methyl sites for hydroxylation is 1. The minimum atomic E-state index is 0.118. The van der Waals surface area contributed by atoms with Crippen molar-refractivity contribution in [1.29, 1.82) is 0 Å². The van der Waals surface area contributed by atoms with Crippen LogP contribution < -0.4 is 10.6 Å². The maximum absolute atomic E-state index is 6.48. The molecule has 184 valence electrons. The Labute approximate surface area is 211 Å². The lowest BCUT2D eigenvalue weighted by Crippen LogP contribution is -2.27. The van der Waals surface area contributed by atoms with Crippen LogP contribution in [-0.2, 0) is 17.8 Å². The van der Waals surface area contributed by atoms with E-state index in [1.807, 2.05) is 0 Å². The third kappa shape index (κ3) is 7.08. The molecule has 2 aromatic carbocycles. The third-order valence-corrected chi connectivity index (χ3v) is 6.84. The molecule has 4 rings (SSSR count). The molecule has 2 N–H and O–H groups in total. The van der Waals surface area contributed by atoms with Crippen molar-refractivity contribution in [3.8, 4) is 11.8 Å². The van der Waals surface area contributed by atoms with Gasteiger partial charge in [0.2, 0.25) is 0 Å². The van der Waals surface area contributed by atoms with Crippen LogP contribution in [0.15, 0.2) is 66.9 Å². The fourth-order valence-corrected chi connectivity index (χ4v) is 4.81. The second-order valence-corrected chi connectivity index (χ2v) is 9.62. The summed E-state index contributed by atoms with van der Waals surface area (Å²) in [5.74, 6) is 6.97. The zero-order valence-electron chi connectivity index (χ0n) is 21.4. The average Bonchev–Trinajstić information content (AvgIpc) is 3.51. The molecule has 4 heteroatoms. The lowest BCUT2D eigenvalue weighted by molar-refractivity contribution is 0.00153. The fourth-order valence-electron chi connectivity index (χ4n) is 4.81. The van der Waals surface area contributed by atoms with E-state index in [0.717, 1.165) is 44.5 Å². The lowest BCUT2D eigenvalue weighted by Gasteiger charge is -2.22. The molecule has 3 aromatic rings. The molecule has 0 aliphatic carbocycles. The van der Waals surface area contributed by atoms with E-state index in [1.165, 1.54) is 22.4 Å². The fraction of sp³-hybridized carbons (Fsp3) is 0.419. The van der Waals surface area contributed by atoms with Crippen LogP contribution in [0.2, 0.25) is 0 Å². The summed E-state index contributed by atoms with van der Waals surface area (Å²) in [6.45, 7) is 9.96. The van der Waals surface area contributed by atoms with Crippen molar-refractivity contribution in [3.05, 3.63) is 94.8 Å². The van der Waals surface area contributed by atoms with Gasteiger partial charge in [-0.25, -0.2) is 0 Å². The molecular formula is C31H39N3O. The smallest absolute Gasteiger partial charge is 0.134 e. The number of ether oxygens (including phenoxy) is 1. The Kier molecular flexibility index (Phi) is 9.20. The first-order chi connectivity index (χ1) is 17.1. The zero-order valence-corrected chi connectivity index (χ0v) is 21.4. The Morgan fingerprint density at radius 1 is 1.03 bits per heavy atom. The maximum atomic E-state index is 6.48. The number of rotatable bonds is 10.